The van der Waals surface area contributed by atoms with Gasteiger partial charge in [0.15, 0.2) is 0 Å². The van der Waals surface area contributed by atoms with Gasteiger partial charge in [0, 0.05) is 5.56 Å². The Morgan fingerprint density at radius 2 is 2.04 bits per heavy atom. The number of hydrogen-bond acceptors (Lipinski definition) is 4. The van der Waals surface area contributed by atoms with Crippen molar-refractivity contribution in [3.63, 3.8) is 0 Å². The molecule has 0 bridgehead atoms. The third-order valence-corrected chi connectivity index (χ3v) is 4.67. The van der Waals surface area contributed by atoms with Crippen LogP contribution in [-0.2, 0) is 0 Å². The molecule has 2 amide bonds. The molecule has 2 heterocycles. The van der Waals surface area contributed by atoms with Crippen molar-refractivity contribution >= 4 is 6.03 Å². The average Bonchev–Trinajstić information content (AvgIpc) is 3.00. The van der Waals surface area contributed by atoms with Gasteiger partial charge in [0.25, 0.3) is 0 Å². The van der Waals surface area contributed by atoms with Gasteiger partial charge in [0.1, 0.15) is 24.2 Å². The number of ether oxygens (including phenoxy) is 2. The monoisotopic (exact) mass is 349 g/mol. The van der Waals surface area contributed by atoms with Crippen LogP contribution in [0.5, 0.6) is 11.5 Å². The topological polar surface area (TPSA) is 74.6 Å². The van der Waals surface area contributed by atoms with Crippen molar-refractivity contribution in [2.45, 2.75) is 19.1 Å². The fourth-order valence-electron chi connectivity index (χ4n) is 3.17. The van der Waals surface area contributed by atoms with Crippen LogP contribution in [0.4, 0.5) is 4.79 Å². The molecule has 1 fully saturated rings. The van der Waals surface area contributed by atoms with Crippen molar-refractivity contribution in [1.29, 1.82) is 5.26 Å². The molecule has 0 radical (unpaired) electrons. The predicted molar refractivity (Wildman–Crippen MR) is 95.1 cm³/mol. The number of rotatable bonds is 3. The molecule has 0 unspecified atom stereocenters. The molecule has 26 heavy (non-hydrogen) atoms. The number of aryl methyl sites for hydroxylation is 1. The van der Waals surface area contributed by atoms with Crippen LogP contribution in [-0.4, -0.2) is 36.7 Å². The fraction of sp³-hybridized carbons (Fsp3) is 0.300. The van der Waals surface area contributed by atoms with E-state index in [1.165, 1.54) is 0 Å². The number of nitrogens with zero attached hydrogens (tertiary/aromatic N) is 2. The Hall–Kier alpha value is -3.20. The summed E-state index contributed by atoms with van der Waals surface area (Å²) in [5.74, 6) is 1.55. The van der Waals surface area contributed by atoms with E-state index < -0.39 is 0 Å². The third kappa shape index (κ3) is 3.16. The molecule has 0 spiro atoms. The molecule has 6 heteroatoms. The minimum absolute atomic E-state index is 0.0250. The van der Waals surface area contributed by atoms with E-state index in [-0.39, 0.29) is 18.2 Å². The minimum Gasteiger partial charge on any atom is -0.491 e. The van der Waals surface area contributed by atoms with Crippen LogP contribution in [0.1, 0.15) is 22.7 Å². The first-order chi connectivity index (χ1) is 12.6. The summed E-state index contributed by atoms with van der Waals surface area (Å²) in [4.78, 5) is 14.1. The molecule has 4 rings (SSSR count). The zero-order chi connectivity index (χ0) is 18.1. The Kier molecular flexibility index (Phi) is 4.13. The summed E-state index contributed by atoms with van der Waals surface area (Å²) in [6.45, 7) is 3.57. The van der Waals surface area contributed by atoms with Gasteiger partial charge in [-0.05, 0) is 37.3 Å². The van der Waals surface area contributed by atoms with Crippen LogP contribution in [0.2, 0.25) is 0 Å². The zero-order valence-corrected chi connectivity index (χ0v) is 14.4. The first-order valence-electron chi connectivity index (χ1n) is 8.58. The van der Waals surface area contributed by atoms with Crippen LogP contribution < -0.4 is 14.8 Å². The number of nitrogens with one attached hydrogen (secondary N) is 1. The number of amides is 2. The molecule has 1 saturated heterocycles. The number of hydrogen-bond donors (Lipinski definition) is 1. The average molecular weight is 349 g/mol. The van der Waals surface area contributed by atoms with E-state index in [2.05, 4.69) is 17.5 Å². The summed E-state index contributed by atoms with van der Waals surface area (Å²) in [5.41, 5.74) is 2.78. The summed E-state index contributed by atoms with van der Waals surface area (Å²) in [6.07, 6.45) is -0.0250. The second-order valence-electron chi connectivity index (χ2n) is 6.64. The Morgan fingerprint density at radius 1 is 1.27 bits per heavy atom. The normalized spacial score (nSPS) is 18.3. The van der Waals surface area contributed by atoms with Gasteiger partial charge in [-0.2, -0.15) is 5.26 Å². The van der Waals surface area contributed by atoms with Crippen LogP contribution in [0.15, 0.2) is 42.5 Å². The van der Waals surface area contributed by atoms with Gasteiger partial charge in [0.05, 0.1) is 30.8 Å². The van der Waals surface area contributed by atoms with E-state index in [1.807, 2.05) is 19.1 Å². The first-order valence-corrected chi connectivity index (χ1v) is 8.58. The molecule has 0 aromatic heterocycles. The standard InChI is InChI=1S/C20H19N3O3/c1-13-2-7-19-17(8-13)18(12-25-19)22-20(24)23-10-16(11-23)26-15-5-3-14(9-21)4-6-15/h2-8,16,18H,10-12H2,1H3,(H,22,24)/t18-/m0/s1. The van der Waals surface area contributed by atoms with Crippen molar-refractivity contribution in [3.05, 3.63) is 59.2 Å². The molecule has 2 aromatic rings. The van der Waals surface area contributed by atoms with Crippen molar-refractivity contribution in [2.24, 2.45) is 0 Å². The van der Waals surface area contributed by atoms with Gasteiger partial charge in [-0.3, -0.25) is 0 Å². The van der Waals surface area contributed by atoms with Gasteiger partial charge in [-0.15, -0.1) is 0 Å². The van der Waals surface area contributed by atoms with Crippen LogP contribution >= 0.6 is 0 Å². The molecule has 2 aliphatic heterocycles. The number of urea groups is 1. The molecule has 1 N–H and O–H groups in total. The highest BCUT2D eigenvalue weighted by Gasteiger charge is 2.35. The van der Waals surface area contributed by atoms with Gasteiger partial charge in [-0.1, -0.05) is 17.7 Å². The number of carbonyl (C=O) groups is 1. The molecular formula is C20H19N3O3. The van der Waals surface area contributed by atoms with Crippen LogP contribution in [0.3, 0.4) is 0 Å². The lowest BCUT2D eigenvalue weighted by molar-refractivity contribution is 0.0431. The van der Waals surface area contributed by atoms with Crippen molar-refractivity contribution in [1.82, 2.24) is 10.2 Å². The maximum Gasteiger partial charge on any atom is 0.318 e. The number of fused-ring (bicyclic) bond motifs is 1. The highest BCUT2D eigenvalue weighted by atomic mass is 16.5. The first kappa shape index (κ1) is 16.3. The summed E-state index contributed by atoms with van der Waals surface area (Å²) in [7, 11) is 0. The minimum atomic E-state index is -0.115. The lowest BCUT2D eigenvalue weighted by Crippen LogP contribution is -2.59. The molecule has 2 aromatic carbocycles. The quantitative estimate of drug-likeness (QED) is 0.925. The number of benzene rings is 2. The Bertz CT molecular complexity index is 867. The summed E-state index contributed by atoms with van der Waals surface area (Å²) < 4.78 is 11.5. The number of nitriles is 1. The lowest BCUT2D eigenvalue weighted by atomic mass is 10.1. The Morgan fingerprint density at radius 3 is 2.77 bits per heavy atom. The highest BCUT2D eigenvalue weighted by molar-refractivity contribution is 5.76. The molecule has 6 nitrogen and oxygen atoms in total. The predicted octanol–water partition coefficient (Wildman–Crippen LogP) is 2.77. The molecular weight excluding hydrogens is 330 g/mol. The second-order valence-corrected chi connectivity index (χ2v) is 6.64. The molecule has 0 saturated carbocycles. The second kappa shape index (κ2) is 6.60. The summed E-state index contributed by atoms with van der Waals surface area (Å²) in [6, 6.07) is 14.9. The number of likely N-dealkylation sites (tertiary alicyclic amines) is 1. The van der Waals surface area contributed by atoms with E-state index in [0.717, 1.165) is 16.9 Å². The van der Waals surface area contributed by atoms with Crippen LogP contribution in [0, 0.1) is 18.3 Å². The van der Waals surface area contributed by atoms with Gasteiger partial charge >= 0.3 is 6.03 Å². The molecule has 2 aliphatic rings. The Labute approximate surface area is 151 Å². The fourth-order valence-corrected chi connectivity index (χ4v) is 3.17. The highest BCUT2D eigenvalue weighted by Crippen LogP contribution is 2.33. The summed E-state index contributed by atoms with van der Waals surface area (Å²) >= 11 is 0. The third-order valence-electron chi connectivity index (χ3n) is 4.67. The van der Waals surface area contributed by atoms with Crippen molar-refractivity contribution in [3.8, 4) is 17.6 Å². The van der Waals surface area contributed by atoms with Gasteiger partial charge in [-0.25, -0.2) is 4.79 Å². The van der Waals surface area contributed by atoms with Crippen LogP contribution in [0.25, 0.3) is 0 Å². The Balaban J connectivity index is 1.29. The molecule has 0 aliphatic carbocycles. The van der Waals surface area contributed by atoms with Gasteiger partial charge in [0.2, 0.25) is 0 Å². The van der Waals surface area contributed by atoms with E-state index in [1.54, 1.807) is 29.2 Å². The molecule has 132 valence electrons. The smallest absolute Gasteiger partial charge is 0.318 e. The maximum atomic E-state index is 12.4. The van der Waals surface area contributed by atoms with Crippen molar-refractivity contribution in [2.75, 3.05) is 19.7 Å². The van der Waals surface area contributed by atoms with E-state index >= 15 is 0 Å². The lowest BCUT2D eigenvalue weighted by Gasteiger charge is -2.39. The van der Waals surface area contributed by atoms with E-state index in [9.17, 15) is 4.79 Å². The maximum absolute atomic E-state index is 12.4. The SMILES string of the molecule is Cc1ccc2c(c1)[C@@H](NC(=O)N1CC(Oc3ccc(C#N)cc3)C1)CO2. The molecule has 1 atom stereocenters. The zero-order valence-electron chi connectivity index (χ0n) is 14.4. The van der Waals surface area contributed by atoms with Gasteiger partial charge < -0.3 is 19.7 Å². The largest absolute Gasteiger partial charge is 0.491 e. The van der Waals surface area contributed by atoms with E-state index in [0.29, 0.717) is 31.0 Å². The van der Waals surface area contributed by atoms with Crippen molar-refractivity contribution < 1.29 is 14.3 Å². The van der Waals surface area contributed by atoms with E-state index in [4.69, 9.17) is 14.7 Å². The number of carbonyl (C=O) groups excluding carboxylic acids is 1. The summed E-state index contributed by atoms with van der Waals surface area (Å²) in [5, 5.41) is 11.8.